The Balaban J connectivity index is 1.54. The maximum absolute atomic E-state index is 12.3. The molecule has 31 heavy (non-hydrogen) atoms. The Morgan fingerprint density at radius 3 is 3.00 bits per heavy atom. The van der Waals surface area contributed by atoms with Gasteiger partial charge in [-0.15, -0.1) is 0 Å². The molecule has 1 atom stereocenters. The quantitative estimate of drug-likeness (QED) is 0.583. The highest BCUT2D eigenvalue weighted by molar-refractivity contribution is 6.03. The molecule has 3 amide bonds. The molecule has 0 spiro atoms. The third-order valence-electron chi connectivity index (χ3n) is 5.01. The fourth-order valence-electron chi connectivity index (χ4n) is 3.55. The van der Waals surface area contributed by atoms with Crippen molar-refractivity contribution in [3.63, 3.8) is 0 Å². The minimum atomic E-state index is -0.543. The van der Waals surface area contributed by atoms with E-state index in [-0.39, 0.29) is 36.3 Å². The lowest BCUT2D eigenvalue weighted by atomic mass is 9.93. The summed E-state index contributed by atoms with van der Waals surface area (Å²) in [7, 11) is 1.71. The third kappa shape index (κ3) is 3.71. The average molecular weight is 422 g/mol. The fraction of sp³-hybridized carbons (Fsp3) is 0.300. The first-order valence-corrected chi connectivity index (χ1v) is 9.47. The molecule has 1 saturated heterocycles. The van der Waals surface area contributed by atoms with Crippen molar-refractivity contribution in [3.8, 4) is 11.8 Å². The fourth-order valence-corrected chi connectivity index (χ4v) is 3.55. The van der Waals surface area contributed by atoms with Crippen LogP contribution in [0.1, 0.15) is 35.7 Å². The van der Waals surface area contributed by atoms with Gasteiger partial charge >= 0.3 is 0 Å². The summed E-state index contributed by atoms with van der Waals surface area (Å²) in [4.78, 5) is 36.0. The minimum Gasteiger partial charge on any atom is -0.481 e. The monoisotopic (exact) mass is 422 g/mol. The van der Waals surface area contributed by atoms with Gasteiger partial charge in [-0.3, -0.25) is 29.7 Å². The second-order valence-corrected chi connectivity index (χ2v) is 7.09. The maximum atomic E-state index is 12.3. The van der Waals surface area contributed by atoms with Crippen LogP contribution < -0.4 is 15.4 Å². The van der Waals surface area contributed by atoms with Gasteiger partial charge in [-0.2, -0.15) is 10.4 Å². The molecule has 0 saturated carbocycles. The van der Waals surface area contributed by atoms with Gasteiger partial charge in [0.05, 0.1) is 11.6 Å². The van der Waals surface area contributed by atoms with Crippen molar-refractivity contribution in [1.82, 2.24) is 20.3 Å². The van der Waals surface area contributed by atoms with Crippen molar-refractivity contribution in [2.75, 3.05) is 11.9 Å². The molecule has 0 aliphatic carbocycles. The normalized spacial score (nSPS) is 16.1. The molecular formula is C20H18N6O5. The molecule has 2 N–H and O–H groups in total. The lowest BCUT2D eigenvalue weighted by Gasteiger charge is -2.19. The molecular weight excluding hydrogens is 404 g/mol. The van der Waals surface area contributed by atoms with Crippen LogP contribution >= 0.6 is 0 Å². The molecule has 158 valence electrons. The van der Waals surface area contributed by atoms with Crippen LogP contribution in [0, 0.1) is 18.3 Å². The van der Waals surface area contributed by atoms with E-state index in [2.05, 4.69) is 20.9 Å². The first-order valence-electron chi connectivity index (χ1n) is 9.47. The van der Waals surface area contributed by atoms with E-state index in [1.807, 2.05) is 12.1 Å². The molecule has 2 aromatic heterocycles. The number of carbonyl (C=O) groups excluding carboxylic acids is 3. The van der Waals surface area contributed by atoms with E-state index < -0.39 is 11.8 Å². The van der Waals surface area contributed by atoms with Gasteiger partial charge in [0.1, 0.15) is 28.6 Å². The van der Waals surface area contributed by atoms with E-state index >= 15 is 0 Å². The van der Waals surface area contributed by atoms with Gasteiger partial charge in [0.2, 0.25) is 17.7 Å². The first-order chi connectivity index (χ1) is 14.9. The molecule has 1 fully saturated rings. The molecule has 1 aliphatic heterocycles. The van der Waals surface area contributed by atoms with Crippen molar-refractivity contribution in [2.24, 2.45) is 7.05 Å². The summed E-state index contributed by atoms with van der Waals surface area (Å²) in [5.41, 5.74) is 1.69. The van der Waals surface area contributed by atoms with Gasteiger partial charge in [0.25, 0.3) is 5.91 Å². The second-order valence-electron chi connectivity index (χ2n) is 7.09. The summed E-state index contributed by atoms with van der Waals surface area (Å²) in [5, 5.41) is 22.7. The SMILES string of the molecule is Cc1noc(NC(=O)COc2cccc3c(C4CCC(=O)NC4=O)nn(C)c23)c1C#N. The minimum absolute atomic E-state index is 0.0347. The number of para-hydroxylation sites is 1. The summed E-state index contributed by atoms with van der Waals surface area (Å²) in [5.74, 6) is -1.38. The number of amides is 3. The highest BCUT2D eigenvalue weighted by Gasteiger charge is 2.32. The Bertz CT molecular complexity index is 1250. The Morgan fingerprint density at radius 1 is 1.45 bits per heavy atom. The Labute approximate surface area is 175 Å². The molecule has 3 heterocycles. The topological polar surface area (TPSA) is 152 Å². The number of hydrogen-bond acceptors (Lipinski definition) is 8. The number of ether oxygens (including phenoxy) is 1. The van der Waals surface area contributed by atoms with Crippen LogP contribution in [0.5, 0.6) is 5.75 Å². The molecule has 11 nitrogen and oxygen atoms in total. The van der Waals surface area contributed by atoms with Crippen molar-refractivity contribution in [3.05, 3.63) is 35.2 Å². The number of piperidine rings is 1. The van der Waals surface area contributed by atoms with Crippen molar-refractivity contribution < 1.29 is 23.6 Å². The van der Waals surface area contributed by atoms with Crippen LogP contribution in [-0.2, 0) is 21.4 Å². The van der Waals surface area contributed by atoms with E-state index in [1.54, 1.807) is 30.8 Å². The number of rotatable bonds is 5. The Kier molecular flexibility index (Phi) is 5.12. The maximum Gasteiger partial charge on any atom is 0.264 e. The van der Waals surface area contributed by atoms with Crippen molar-refractivity contribution >= 4 is 34.5 Å². The number of fused-ring (bicyclic) bond motifs is 1. The third-order valence-corrected chi connectivity index (χ3v) is 5.01. The summed E-state index contributed by atoms with van der Waals surface area (Å²) in [6.45, 7) is 1.25. The highest BCUT2D eigenvalue weighted by Crippen LogP contribution is 2.34. The molecule has 11 heteroatoms. The lowest BCUT2D eigenvalue weighted by Crippen LogP contribution is -2.39. The van der Waals surface area contributed by atoms with Gasteiger partial charge in [0, 0.05) is 18.9 Å². The second kappa shape index (κ2) is 7.91. The van der Waals surface area contributed by atoms with E-state index in [0.717, 1.165) is 0 Å². The summed E-state index contributed by atoms with van der Waals surface area (Å²) < 4.78 is 12.2. The summed E-state index contributed by atoms with van der Waals surface area (Å²) in [6, 6.07) is 7.15. The molecule has 4 rings (SSSR count). The van der Waals surface area contributed by atoms with Crippen LogP contribution in [0.15, 0.2) is 22.7 Å². The van der Waals surface area contributed by atoms with E-state index in [0.29, 0.717) is 34.5 Å². The van der Waals surface area contributed by atoms with Gasteiger partial charge in [0.15, 0.2) is 6.61 Å². The predicted octanol–water partition coefficient (Wildman–Crippen LogP) is 1.28. The number of hydrogen-bond donors (Lipinski definition) is 2. The zero-order valence-corrected chi connectivity index (χ0v) is 16.8. The highest BCUT2D eigenvalue weighted by atomic mass is 16.5. The van der Waals surface area contributed by atoms with E-state index in [1.165, 1.54) is 0 Å². The first kappa shape index (κ1) is 20.1. The molecule has 1 aliphatic rings. The zero-order chi connectivity index (χ0) is 22.1. The van der Waals surface area contributed by atoms with Crippen LogP contribution in [0.25, 0.3) is 10.9 Å². The standard InChI is InChI=1S/C20H18N6O5/c1-10-13(8-21)20(31-25-10)23-16(28)9-30-14-5-3-4-11-17(24-26(2)18(11)14)12-6-7-15(27)22-19(12)29/h3-5,12H,6-7,9H2,1-2H3,(H,23,28)(H,22,27,29). The van der Waals surface area contributed by atoms with Crippen LogP contribution in [0.3, 0.4) is 0 Å². The number of anilines is 1. The van der Waals surface area contributed by atoms with Gasteiger partial charge in [-0.25, -0.2) is 0 Å². The molecule has 0 radical (unpaired) electrons. The number of carbonyl (C=O) groups is 3. The number of benzene rings is 1. The average Bonchev–Trinajstić information content (AvgIpc) is 3.26. The largest absolute Gasteiger partial charge is 0.481 e. The number of aromatic nitrogens is 3. The van der Waals surface area contributed by atoms with Crippen molar-refractivity contribution in [2.45, 2.75) is 25.7 Å². The molecule has 0 bridgehead atoms. The van der Waals surface area contributed by atoms with Crippen molar-refractivity contribution in [1.29, 1.82) is 5.26 Å². The molecule has 1 unspecified atom stereocenters. The predicted molar refractivity (Wildman–Crippen MR) is 106 cm³/mol. The van der Waals surface area contributed by atoms with Crippen LogP contribution in [0.4, 0.5) is 5.88 Å². The Hall–Kier alpha value is -4.20. The number of imide groups is 1. The Morgan fingerprint density at radius 2 is 2.26 bits per heavy atom. The van der Waals surface area contributed by atoms with Gasteiger partial charge in [-0.1, -0.05) is 17.3 Å². The molecule has 3 aromatic rings. The van der Waals surface area contributed by atoms with Crippen LogP contribution in [-0.4, -0.2) is 39.3 Å². The zero-order valence-electron chi connectivity index (χ0n) is 16.8. The van der Waals surface area contributed by atoms with Gasteiger partial charge < -0.3 is 9.26 Å². The van der Waals surface area contributed by atoms with Crippen LogP contribution in [0.2, 0.25) is 0 Å². The number of nitrogens with zero attached hydrogens (tertiary/aromatic N) is 4. The number of aryl methyl sites for hydroxylation is 2. The summed E-state index contributed by atoms with van der Waals surface area (Å²) >= 11 is 0. The lowest BCUT2D eigenvalue weighted by molar-refractivity contribution is -0.134. The van der Waals surface area contributed by atoms with Gasteiger partial charge in [-0.05, 0) is 19.4 Å². The summed E-state index contributed by atoms with van der Waals surface area (Å²) in [6.07, 6.45) is 0.624. The van der Waals surface area contributed by atoms with E-state index in [9.17, 15) is 14.4 Å². The number of nitriles is 1. The number of nitrogens with one attached hydrogen (secondary N) is 2. The molecule has 1 aromatic carbocycles. The van der Waals surface area contributed by atoms with E-state index in [4.69, 9.17) is 14.5 Å². The smallest absolute Gasteiger partial charge is 0.264 e.